The van der Waals surface area contributed by atoms with E-state index in [1.165, 1.54) is 5.56 Å². The first-order valence-corrected chi connectivity index (χ1v) is 6.80. The molecule has 0 fully saturated rings. The Bertz CT molecular complexity index is 579. The zero-order chi connectivity index (χ0) is 14.5. The molecule has 20 heavy (non-hydrogen) atoms. The van der Waals surface area contributed by atoms with Crippen LogP contribution >= 0.6 is 0 Å². The summed E-state index contributed by atoms with van der Waals surface area (Å²) in [5.74, 6) is 1.15. The number of phenolic OH excluding ortho intramolecular Hbond substituents is 1. The van der Waals surface area contributed by atoms with E-state index in [9.17, 15) is 5.11 Å². The number of para-hydroxylation sites is 1. The highest BCUT2D eigenvalue weighted by Gasteiger charge is 2.06. The average Bonchev–Trinajstić information content (AvgIpc) is 2.46. The van der Waals surface area contributed by atoms with Gasteiger partial charge in [0.1, 0.15) is 0 Å². The van der Waals surface area contributed by atoms with Crippen LogP contribution < -0.4 is 10.1 Å². The summed E-state index contributed by atoms with van der Waals surface area (Å²) in [7, 11) is 1.56. The van der Waals surface area contributed by atoms with Crippen molar-refractivity contribution in [2.45, 2.75) is 26.3 Å². The molecule has 0 radical (unpaired) electrons. The minimum atomic E-state index is 0.166. The topological polar surface area (TPSA) is 41.5 Å². The second kappa shape index (κ2) is 6.33. The van der Waals surface area contributed by atoms with Crippen molar-refractivity contribution in [3.63, 3.8) is 0 Å². The van der Waals surface area contributed by atoms with E-state index >= 15 is 0 Å². The van der Waals surface area contributed by atoms with E-state index in [2.05, 4.69) is 37.4 Å². The van der Waals surface area contributed by atoms with Crippen LogP contribution in [0.15, 0.2) is 42.5 Å². The van der Waals surface area contributed by atoms with E-state index in [0.717, 1.165) is 11.3 Å². The molecule has 0 aromatic heterocycles. The van der Waals surface area contributed by atoms with Crippen LogP contribution in [0, 0.1) is 0 Å². The summed E-state index contributed by atoms with van der Waals surface area (Å²) in [6.07, 6.45) is 0. The fourth-order valence-electron chi connectivity index (χ4n) is 2.19. The second-order valence-electron chi connectivity index (χ2n) is 5.10. The number of rotatable bonds is 5. The average molecular weight is 271 g/mol. The lowest BCUT2D eigenvalue weighted by atomic mass is 10.0. The number of aromatic hydroxyl groups is 1. The number of anilines is 1. The standard InChI is InChI=1S/C17H21NO2/c1-12(2)14-6-4-5-7-15(14)18-11-13-8-9-16(19)17(10-13)20-3/h4-10,12,18-19H,11H2,1-3H3. The summed E-state index contributed by atoms with van der Waals surface area (Å²) in [6.45, 7) is 5.06. The van der Waals surface area contributed by atoms with Gasteiger partial charge in [-0.2, -0.15) is 0 Å². The maximum absolute atomic E-state index is 9.59. The summed E-state index contributed by atoms with van der Waals surface area (Å²) >= 11 is 0. The minimum absolute atomic E-state index is 0.166. The van der Waals surface area contributed by atoms with Crippen molar-refractivity contribution in [1.82, 2.24) is 0 Å². The minimum Gasteiger partial charge on any atom is -0.504 e. The summed E-state index contributed by atoms with van der Waals surface area (Å²) in [5, 5.41) is 13.0. The highest BCUT2D eigenvalue weighted by Crippen LogP contribution is 2.28. The van der Waals surface area contributed by atoms with Crippen molar-refractivity contribution in [2.75, 3.05) is 12.4 Å². The Morgan fingerprint density at radius 3 is 2.60 bits per heavy atom. The van der Waals surface area contributed by atoms with Gasteiger partial charge in [0.15, 0.2) is 11.5 Å². The fourth-order valence-corrected chi connectivity index (χ4v) is 2.19. The van der Waals surface area contributed by atoms with Gasteiger partial charge in [-0.1, -0.05) is 38.1 Å². The first-order valence-electron chi connectivity index (χ1n) is 6.80. The molecule has 0 saturated heterocycles. The summed E-state index contributed by atoms with van der Waals surface area (Å²) in [5.41, 5.74) is 3.52. The highest BCUT2D eigenvalue weighted by atomic mass is 16.5. The second-order valence-corrected chi connectivity index (χ2v) is 5.10. The van der Waals surface area contributed by atoms with Crippen LogP contribution in [0.5, 0.6) is 11.5 Å². The molecular formula is C17H21NO2. The van der Waals surface area contributed by atoms with Gasteiger partial charge in [0.25, 0.3) is 0 Å². The predicted octanol–water partition coefficient (Wildman–Crippen LogP) is 4.14. The molecule has 3 heteroatoms. The van der Waals surface area contributed by atoms with Crippen molar-refractivity contribution in [3.8, 4) is 11.5 Å². The summed E-state index contributed by atoms with van der Waals surface area (Å²) in [4.78, 5) is 0. The van der Waals surface area contributed by atoms with Crippen molar-refractivity contribution < 1.29 is 9.84 Å². The van der Waals surface area contributed by atoms with Gasteiger partial charge in [0.2, 0.25) is 0 Å². The molecule has 0 bridgehead atoms. The molecule has 0 unspecified atom stereocenters. The first-order chi connectivity index (χ1) is 9.61. The van der Waals surface area contributed by atoms with E-state index in [1.807, 2.05) is 18.2 Å². The monoisotopic (exact) mass is 271 g/mol. The molecule has 3 nitrogen and oxygen atoms in total. The molecule has 0 amide bonds. The third-order valence-corrected chi connectivity index (χ3v) is 3.31. The van der Waals surface area contributed by atoms with E-state index in [1.54, 1.807) is 13.2 Å². The van der Waals surface area contributed by atoms with Crippen LogP contribution in [0.2, 0.25) is 0 Å². The Balaban J connectivity index is 2.13. The van der Waals surface area contributed by atoms with Gasteiger partial charge in [0, 0.05) is 12.2 Å². The summed E-state index contributed by atoms with van der Waals surface area (Å²) in [6, 6.07) is 13.7. The third kappa shape index (κ3) is 3.23. The fraction of sp³-hybridized carbons (Fsp3) is 0.294. The SMILES string of the molecule is COc1cc(CNc2ccccc2C(C)C)ccc1O. The Kier molecular flexibility index (Phi) is 4.51. The smallest absolute Gasteiger partial charge is 0.160 e. The lowest BCUT2D eigenvalue weighted by Gasteiger charge is -2.15. The molecule has 0 aliphatic carbocycles. The maximum atomic E-state index is 9.59. The lowest BCUT2D eigenvalue weighted by Crippen LogP contribution is -2.03. The molecule has 0 aliphatic rings. The van der Waals surface area contributed by atoms with Crippen LogP contribution in [0.25, 0.3) is 0 Å². The van der Waals surface area contributed by atoms with Crippen LogP contribution in [0.3, 0.4) is 0 Å². The Morgan fingerprint density at radius 1 is 1.15 bits per heavy atom. The number of nitrogens with one attached hydrogen (secondary N) is 1. The Morgan fingerprint density at radius 2 is 1.90 bits per heavy atom. The molecule has 0 spiro atoms. The quantitative estimate of drug-likeness (QED) is 0.859. The molecule has 0 heterocycles. The van der Waals surface area contributed by atoms with Crippen LogP contribution in [-0.2, 0) is 6.54 Å². The number of benzene rings is 2. The number of ether oxygens (including phenoxy) is 1. The number of methoxy groups -OCH3 is 1. The van der Waals surface area contributed by atoms with E-state index in [4.69, 9.17) is 4.74 Å². The Labute approximate surface area is 120 Å². The van der Waals surface area contributed by atoms with Crippen molar-refractivity contribution in [2.24, 2.45) is 0 Å². The molecule has 2 aromatic carbocycles. The van der Waals surface area contributed by atoms with Gasteiger partial charge in [-0.05, 0) is 35.2 Å². The number of hydrogen-bond acceptors (Lipinski definition) is 3. The third-order valence-electron chi connectivity index (χ3n) is 3.31. The highest BCUT2D eigenvalue weighted by molar-refractivity contribution is 5.53. The van der Waals surface area contributed by atoms with Gasteiger partial charge in [-0.15, -0.1) is 0 Å². The molecule has 0 atom stereocenters. The molecule has 106 valence electrons. The van der Waals surface area contributed by atoms with Gasteiger partial charge in [-0.25, -0.2) is 0 Å². The lowest BCUT2D eigenvalue weighted by molar-refractivity contribution is 0.373. The van der Waals surface area contributed by atoms with Crippen LogP contribution in [0.1, 0.15) is 30.9 Å². The van der Waals surface area contributed by atoms with Gasteiger partial charge < -0.3 is 15.2 Å². The normalized spacial score (nSPS) is 10.6. The summed E-state index contributed by atoms with van der Waals surface area (Å²) < 4.78 is 5.12. The van der Waals surface area contributed by atoms with Crippen molar-refractivity contribution in [1.29, 1.82) is 0 Å². The zero-order valence-electron chi connectivity index (χ0n) is 12.2. The van der Waals surface area contributed by atoms with E-state index < -0.39 is 0 Å². The molecule has 2 N–H and O–H groups in total. The number of hydrogen-bond donors (Lipinski definition) is 2. The van der Waals surface area contributed by atoms with Crippen LogP contribution in [0.4, 0.5) is 5.69 Å². The number of phenols is 1. The molecule has 2 rings (SSSR count). The molecular weight excluding hydrogens is 250 g/mol. The van der Waals surface area contributed by atoms with Crippen molar-refractivity contribution >= 4 is 5.69 Å². The van der Waals surface area contributed by atoms with E-state index in [0.29, 0.717) is 18.2 Å². The first kappa shape index (κ1) is 14.3. The van der Waals surface area contributed by atoms with E-state index in [-0.39, 0.29) is 5.75 Å². The largest absolute Gasteiger partial charge is 0.504 e. The predicted molar refractivity (Wildman–Crippen MR) is 82.5 cm³/mol. The van der Waals surface area contributed by atoms with Crippen LogP contribution in [-0.4, -0.2) is 12.2 Å². The molecule has 0 aliphatic heterocycles. The van der Waals surface area contributed by atoms with Gasteiger partial charge in [0.05, 0.1) is 7.11 Å². The maximum Gasteiger partial charge on any atom is 0.160 e. The molecule has 0 saturated carbocycles. The Hall–Kier alpha value is -2.16. The van der Waals surface area contributed by atoms with Crippen molar-refractivity contribution in [3.05, 3.63) is 53.6 Å². The zero-order valence-corrected chi connectivity index (χ0v) is 12.2. The van der Waals surface area contributed by atoms with Gasteiger partial charge >= 0.3 is 0 Å². The van der Waals surface area contributed by atoms with Gasteiger partial charge in [-0.3, -0.25) is 0 Å². The molecule has 2 aromatic rings.